The Morgan fingerprint density at radius 3 is 2.60 bits per heavy atom. The number of rotatable bonds is 6. The van der Waals surface area contributed by atoms with E-state index >= 15 is 0 Å². The number of aromatic nitrogens is 4. The van der Waals surface area contributed by atoms with E-state index in [0.717, 1.165) is 24.3 Å². The maximum absolute atomic E-state index is 5.97. The fraction of sp³-hybridized carbons (Fsp3) is 0.278. The molecule has 0 spiro atoms. The van der Waals surface area contributed by atoms with Crippen molar-refractivity contribution in [2.24, 2.45) is 0 Å². The molecule has 7 nitrogen and oxygen atoms in total. The zero-order valence-electron chi connectivity index (χ0n) is 14.8. The first-order valence-corrected chi connectivity index (χ1v) is 8.39. The van der Waals surface area contributed by atoms with Crippen molar-refractivity contribution < 1.29 is 0 Å². The van der Waals surface area contributed by atoms with Crippen molar-refractivity contribution in [3.8, 4) is 5.82 Å². The molecule has 0 aliphatic rings. The Kier molecular flexibility index (Phi) is 4.83. The van der Waals surface area contributed by atoms with Crippen molar-refractivity contribution in [3.63, 3.8) is 0 Å². The second-order valence-corrected chi connectivity index (χ2v) is 5.69. The molecule has 0 saturated carbocycles. The van der Waals surface area contributed by atoms with Crippen LogP contribution in [0.2, 0.25) is 0 Å². The lowest BCUT2D eigenvalue weighted by molar-refractivity contribution is 0.859. The quantitative estimate of drug-likeness (QED) is 0.719. The second kappa shape index (κ2) is 7.21. The highest BCUT2D eigenvalue weighted by Gasteiger charge is 2.11. The SMILES string of the molecule is CCN(CC)c1ccc(Nc2nc(N)n(-c3ccccn3)n2)c(C)c1. The van der Waals surface area contributed by atoms with Crippen LogP contribution in [-0.4, -0.2) is 32.8 Å². The molecule has 0 aliphatic heterocycles. The van der Waals surface area contributed by atoms with E-state index in [2.05, 4.69) is 58.2 Å². The fourth-order valence-corrected chi connectivity index (χ4v) is 2.72. The fourth-order valence-electron chi connectivity index (χ4n) is 2.72. The smallest absolute Gasteiger partial charge is 0.248 e. The number of aryl methyl sites for hydroxylation is 1. The number of pyridine rings is 1. The molecule has 3 aromatic rings. The predicted molar refractivity (Wildman–Crippen MR) is 102 cm³/mol. The molecule has 7 heteroatoms. The number of nitrogens with zero attached hydrogens (tertiary/aromatic N) is 5. The molecule has 130 valence electrons. The van der Waals surface area contributed by atoms with Gasteiger partial charge in [0.25, 0.3) is 0 Å². The van der Waals surface area contributed by atoms with Crippen LogP contribution in [0.5, 0.6) is 0 Å². The van der Waals surface area contributed by atoms with Gasteiger partial charge in [-0.15, -0.1) is 5.10 Å². The minimum absolute atomic E-state index is 0.290. The van der Waals surface area contributed by atoms with E-state index in [9.17, 15) is 0 Å². The second-order valence-electron chi connectivity index (χ2n) is 5.69. The summed E-state index contributed by atoms with van der Waals surface area (Å²) >= 11 is 0. The van der Waals surface area contributed by atoms with Gasteiger partial charge in [0.05, 0.1) is 0 Å². The minimum atomic E-state index is 0.290. The normalized spacial score (nSPS) is 10.7. The molecular weight excluding hydrogens is 314 g/mol. The van der Waals surface area contributed by atoms with Gasteiger partial charge in [-0.2, -0.15) is 9.67 Å². The zero-order chi connectivity index (χ0) is 17.8. The topological polar surface area (TPSA) is 84.9 Å². The Bertz CT molecular complexity index is 838. The summed E-state index contributed by atoms with van der Waals surface area (Å²) in [4.78, 5) is 10.8. The summed E-state index contributed by atoms with van der Waals surface area (Å²) < 4.78 is 1.52. The van der Waals surface area contributed by atoms with Crippen LogP contribution in [0, 0.1) is 6.92 Å². The molecule has 25 heavy (non-hydrogen) atoms. The molecule has 3 rings (SSSR count). The average molecular weight is 337 g/mol. The molecule has 0 unspecified atom stereocenters. The van der Waals surface area contributed by atoms with Gasteiger partial charge in [-0.25, -0.2) is 4.98 Å². The lowest BCUT2D eigenvalue weighted by atomic mass is 10.1. The summed E-state index contributed by atoms with van der Waals surface area (Å²) in [5, 5.41) is 7.64. The van der Waals surface area contributed by atoms with Crippen molar-refractivity contribution in [1.29, 1.82) is 0 Å². The average Bonchev–Trinajstić information content (AvgIpc) is 2.99. The molecule has 0 atom stereocenters. The Hall–Kier alpha value is -3.09. The molecule has 2 aromatic heterocycles. The highest BCUT2D eigenvalue weighted by Crippen LogP contribution is 2.25. The summed E-state index contributed by atoms with van der Waals surface area (Å²) in [5.41, 5.74) is 9.25. The molecule has 3 N–H and O–H groups in total. The number of nitrogens with one attached hydrogen (secondary N) is 1. The van der Waals surface area contributed by atoms with Crippen LogP contribution in [0.25, 0.3) is 5.82 Å². The van der Waals surface area contributed by atoms with Crippen LogP contribution in [0.1, 0.15) is 19.4 Å². The lowest BCUT2D eigenvalue weighted by Gasteiger charge is -2.22. The van der Waals surface area contributed by atoms with Crippen molar-refractivity contribution in [1.82, 2.24) is 19.7 Å². The van der Waals surface area contributed by atoms with E-state index in [1.54, 1.807) is 6.20 Å². The maximum Gasteiger partial charge on any atom is 0.248 e. The van der Waals surface area contributed by atoms with Crippen molar-refractivity contribution in [2.45, 2.75) is 20.8 Å². The summed E-state index contributed by atoms with van der Waals surface area (Å²) in [5.74, 6) is 1.37. The minimum Gasteiger partial charge on any atom is -0.372 e. The van der Waals surface area contributed by atoms with Crippen molar-refractivity contribution >= 4 is 23.3 Å². The van der Waals surface area contributed by atoms with Gasteiger partial charge in [0, 0.05) is 30.7 Å². The number of nitrogen functional groups attached to an aromatic ring is 1. The van der Waals surface area contributed by atoms with Gasteiger partial charge in [0.1, 0.15) is 0 Å². The van der Waals surface area contributed by atoms with Crippen LogP contribution in [0.3, 0.4) is 0 Å². The highest BCUT2D eigenvalue weighted by molar-refractivity contribution is 5.64. The van der Waals surface area contributed by atoms with Gasteiger partial charge >= 0.3 is 0 Å². The van der Waals surface area contributed by atoms with Gasteiger partial charge in [-0.05, 0) is 56.7 Å². The van der Waals surface area contributed by atoms with Crippen LogP contribution in [-0.2, 0) is 0 Å². The number of benzene rings is 1. The molecule has 0 amide bonds. The summed E-state index contributed by atoms with van der Waals surface area (Å²) in [7, 11) is 0. The Balaban J connectivity index is 1.84. The third-order valence-electron chi connectivity index (χ3n) is 4.08. The third-order valence-corrected chi connectivity index (χ3v) is 4.08. The lowest BCUT2D eigenvalue weighted by Crippen LogP contribution is -2.21. The summed E-state index contributed by atoms with van der Waals surface area (Å²) in [6, 6.07) is 11.9. The van der Waals surface area contributed by atoms with E-state index in [1.165, 1.54) is 10.4 Å². The van der Waals surface area contributed by atoms with Crippen molar-refractivity contribution in [2.75, 3.05) is 29.0 Å². The molecule has 0 fully saturated rings. The first-order valence-electron chi connectivity index (χ1n) is 8.39. The first-order chi connectivity index (χ1) is 12.1. The van der Waals surface area contributed by atoms with E-state index in [0.29, 0.717) is 17.7 Å². The van der Waals surface area contributed by atoms with E-state index in [1.807, 2.05) is 24.3 Å². The van der Waals surface area contributed by atoms with E-state index in [4.69, 9.17) is 5.73 Å². The Labute approximate surface area is 147 Å². The van der Waals surface area contributed by atoms with E-state index < -0.39 is 0 Å². The van der Waals surface area contributed by atoms with Crippen LogP contribution >= 0.6 is 0 Å². The van der Waals surface area contributed by atoms with Gasteiger partial charge in [0.15, 0.2) is 5.82 Å². The number of nitrogens with two attached hydrogens (primary N) is 1. The highest BCUT2D eigenvalue weighted by atomic mass is 15.4. The van der Waals surface area contributed by atoms with Gasteiger partial charge in [-0.1, -0.05) is 6.07 Å². The standard InChI is InChI=1S/C18H23N7/c1-4-24(5-2)14-9-10-15(13(3)12-14)21-18-22-17(19)25(23-18)16-8-6-7-11-20-16/h6-12H,4-5H2,1-3H3,(H3,19,21,22,23). The molecule has 0 aliphatic carbocycles. The molecule has 2 heterocycles. The Morgan fingerprint density at radius 1 is 1.16 bits per heavy atom. The summed E-state index contributed by atoms with van der Waals surface area (Å²) in [6.07, 6.45) is 1.69. The molecule has 0 saturated heterocycles. The predicted octanol–water partition coefficient (Wildman–Crippen LogP) is 3.14. The van der Waals surface area contributed by atoms with Gasteiger partial charge < -0.3 is 16.0 Å². The Morgan fingerprint density at radius 2 is 1.96 bits per heavy atom. The largest absolute Gasteiger partial charge is 0.372 e. The van der Waals surface area contributed by atoms with Crippen LogP contribution in [0.4, 0.5) is 23.3 Å². The molecule has 0 bridgehead atoms. The summed E-state index contributed by atoms with van der Waals surface area (Å²) in [6.45, 7) is 8.34. The maximum atomic E-state index is 5.97. The molecule has 0 radical (unpaired) electrons. The van der Waals surface area contributed by atoms with Gasteiger partial charge in [0.2, 0.25) is 11.9 Å². The first kappa shape index (κ1) is 16.8. The monoisotopic (exact) mass is 337 g/mol. The number of hydrogen-bond acceptors (Lipinski definition) is 6. The van der Waals surface area contributed by atoms with Crippen molar-refractivity contribution in [3.05, 3.63) is 48.2 Å². The molecule has 1 aromatic carbocycles. The van der Waals surface area contributed by atoms with Crippen LogP contribution < -0.4 is 16.0 Å². The third kappa shape index (κ3) is 3.55. The number of anilines is 4. The van der Waals surface area contributed by atoms with E-state index in [-0.39, 0.29) is 0 Å². The van der Waals surface area contributed by atoms with Crippen LogP contribution in [0.15, 0.2) is 42.6 Å². The number of hydrogen-bond donors (Lipinski definition) is 2. The van der Waals surface area contributed by atoms with Gasteiger partial charge in [-0.3, -0.25) is 0 Å². The zero-order valence-corrected chi connectivity index (χ0v) is 14.8. The molecular formula is C18H23N7.